The van der Waals surface area contributed by atoms with Crippen molar-refractivity contribution in [3.8, 4) is 11.5 Å². The van der Waals surface area contributed by atoms with Gasteiger partial charge in [0.2, 0.25) is 0 Å². The van der Waals surface area contributed by atoms with Gasteiger partial charge in [-0.1, -0.05) is 19.4 Å². The summed E-state index contributed by atoms with van der Waals surface area (Å²) in [5, 5.41) is 5.91. The summed E-state index contributed by atoms with van der Waals surface area (Å²) < 4.78 is 11.1. The molecule has 1 amide bonds. The molecule has 0 saturated heterocycles. The number of amides is 1. The van der Waals surface area contributed by atoms with Gasteiger partial charge in [0.25, 0.3) is 5.91 Å². The lowest BCUT2D eigenvalue weighted by Crippen LogP contribution is -2.29. The summed E-state index contributed by atoms with van der Waals surface area (Å²) >= 11 is 0. The van der Waals surface area contributed by atoms with E-state index in [1.165, 1.54) is 0 Å². The third-order valence-corrected chi connectivity index (χ3v) is 2.90. The van der Waals surface area contributed by atoms with Crippen LogP contribution in [0.15, 0.2) is 18.2 Å². The zero-order valence-electron chi connectivity index (χ0n) is 13.2. The van der Waals surface area contributed by atoms with Crippen molar-refractivity contribution in [2.75, 3.05) is 26.8 Å². The average molecular weight is 294 g/mol. The highest BCUT2D eigenvalue weighted by Gasteiger charge is 2.08. The molecular formula is C16H26N2O3. The van der Waals surface area contributed by atoms with E-state index >= 15 is 0 Å². The lowest BCUT2D eigenvalue weighted by molar-refractivity contribution is -0.123. The summed E-state index contributed by atoms with van der Waals surface area (Å²) in [4.78, 5) is 11.6. The van der Waals surface area contributed by atoms with Crippen LogP contribution in [0.5, 0.6) is 11.5 Å². The van der Waals surface area contributed by atoms with E-state index in [-0.39, 0.29) is 12.5 Å². The molecule has 0 radical (unpaired) electrons. The number of rotatable bonds is 10. The molecule has 0 aliphatic carbocycles. The van der Waals surface area contributed by atoms with E-state index in [1.54, 1.807) is 0 Å². The quantitative estimate of drug-likeness (QED) is 0.649. The number of nitrogens with one attached hydrogen (secondary N) is 2. The van der Waals surface area contributed by atoms with Crippen LogP contribution < -0.4 is 20.1 Å². The Morgan fingerprint density at radius 2 is 2.00 bits per heavy atom. The first-order chi connectivity index (χ1) is 10.2. The van der Waals surface area contributed by atoms with Crippen LogP contribution >= 0.6 is 0 Å². The molecule has 2 N–H and O–H groups in total. The molecule has 0 aliphatic heterocycles. The van der Waals surface area contributed by atoms with Gasteiger partial charge in [-0.25, -0.2) is 0 Å². The molecule has 1 aromatic carbocycles. The van der Waals surface area contributed by atoms with E-state index < -0.39 is 0 Å². The second kappa shape index (κ2) is 10.0. The summed E-state index contributed by atoms with van der Waals surface area (Å²) in [7, 11) is 1.89. The van der Waals surface area contributed by atoms with Crippen LogP contribution in [0.25, 0.3) is 0 Å². The Kier molecular flexibility index (Phi) is 8.28. The predicted octanol–water partition coefficient (Wildman–Crippen LogP) is 2.10. The molecule has 0 spiro atoms. The maximum Gasteiger partial charge on any atom is 0.257 e. The Morgan fingerprint density at radius 3 is 2.67 bits per heavy atom. The summed E-state index contributed by atoms with van der Waals surface area (Å²) in [6.45, 7) is 6.03. The molecule has 21 heavy (non-hydrogen) atoms. The highest BCUT2D eigenvalue weighted by atomic mass is 16.5. The third-order valence-electron chi connectivity index (χ3n) is 2.90. The summed E-state index contributed by atoms with van der Waals surface area (Å²) in [6, 6.07) is 5.74. The summed E-state index contributed by atoms with van der Waals surface area (Å²) in [6.07, 6.45) is 2.04. The van der Waals surface area contributed by atoms with Gasteiger partial charge >= 0.3 is 0 Å². The number of hydrogen-bond donors (Lipinski definition) is 2. The van der Waals surface area contributed by atoms with Gasteiger partial charge in [-0.05, 0) is 38.1 Å². The normalized spacial score (nSPS) is 10.2. The minimum absolute atomic E-state index is 0.00909. The Balaban J connectivity index is 2.58. The van der Waals surface area contributed by atoms with Gasteiger partial charge in [-0.3, -0.25) is 4.79 Å². The van der Waals surface area contributed by atoms with Gasteiger partial charge < -0.3 is 20.1 Å². The van der Waals surface area contributed by atoms with Crippen molar-refractivity contribution in [3.63, 3.8) is 0 Å². The molecule has 0 saturated carbocycles. The zero-order valence-corrected chi connectivity index (χ0v) is 13.2. The van der Waals surface area contributed by atoms with Crippen LogP contribution in [0.2, 0.25) is 0 Å². The molecule has 0 unspecified atom stereocenters. The number of carbonyl (C=O) groups excluding carboxylic acids is 1. The molecule has 0 aliphatic rings. The van der Waals surface area contributed by atoms with E-state index in [0.717, 1.165) is 24.9 Å². The topological polar surface area (TPSA) is 59.6 Å². The number of unbranched alkanes of at least 4 members (excludes halogenated alkanes) is 1. The first-order valence-corrected chi connectivity index (χ1v) is 7.51. The van der Waals surface area contributed by atoms with E-state index in [2.05, 4.69) is 17.6 Å². The minimum Gasteiger partial charge on any atom is -0.490 e. The third kappa shape index (κ3) is 6.49. The lowest BCUT2D eigenvalue weighted by atomic mass is 10.2. The Labute approximate surface area is 127 Å². The van der Waals surface area contributed by atoms with Gasteiger partial charge in [0.15, 0.2) is 18.1 Å². The Hall–Kier alpha value is -1.75. The fourth-order valence-electron chi connectivity index (χ4n) is 1.85. The molecule has 0 fully saturated rings. The number of benzene rings is 1. The largest absolute Gasteiger partial charge is 0.490 e. The van der Waals surface area contributed by atoms with E-state index in [4.69, 9.17) is 9.47 Å². The van der Waals surface area contributed by atoms with Crippen molar-refractivity contribution in [3.05, 3.63) is 23.8 Å². The van der Waals surface area contributed by atoms with Crippen LogP contribution in [0.3, 0.4) is 0 Å². The van der Waals surface area contributed by atoms with Gasteiger partial charge in [-0.15, -0.1) is 0 Å². The smallest absolute Gasteiger partial charge is 0.257 e. The van der Waals surface area contributed by atoms with Crippen molar-refractivity contribution in [2.45, 2.75) is 33.2 Å². The Bertz CT molecular complexity index is 436. The zero-order chi connectivity index (χ0) is 15.5. The molecule has 0 aromatic heterocycles. The van der Waals surface area contributed by atoms with E-state index in [1.807, 2.05) is 32.2 Å². The molecule has 118 valence electrons. The van der Waals surface area contributed by atoms with Crippen molar-refractivity contribution in [1.29, 1.82) is 0 Å². The van der Waals surface area contributed by atoms with Crippen LogP contribution in [0.4, 0.5) is 0 Å². The number of ether oxygens (including phenoxy) is 2. The molecule has 0 heterocycles. The first-order valence-electron chi connectivity index (χ1n) is 7.51. The molecule has 1 aromatic rings. The Morgan fingerprint density at radius 1 is 1.19 bits per heavy atom. The van der Waals surface area contributed by atoms with Crippen LogP contribution in [0.1, 0.15) is 32.3 Å². The van der Waals surface area contributed by atoms with Gasteiger partial charge in [0.05, 0.1) is 6.61 Å². The fraction of sp³-hybridized carbons (Fsp3) is 0.562. The van der Waals surface area contributed by atoms with Gasteiger partial charge in [0, 0.05) is 13.1 Å². The van der Waals surface area contributed by atoms with Gasteiger partial charge in [-0.2, -0.15) is 0 Å². The van der Waals surface area contributed by atoms with Crippen molar-refractivity contribution in [2.24, 2.45) is 0 Å². The first kappa shape index (κ1) is 17.3. The molecule has 5 nitrogen and oxygen atoms in total. The average Bonchev–Trinajstić information content (AvgIpc) is 2.47. The monoisotopic (exact) mass is 294 g/mol. The van der Waals surface area contributed by atoms with Crippen LogP contribution in [-0.2, 0) is 11.3 Å². The predicted molar refractivity (Wildman–Crippen MR) is 83.8 cm³/mol. The molecule has 0 bridgehead atoms. The summed E-state index contributed by atoms with van der Waals surface area (Å²) in [5.74, 6) is 1.17. The minimum atomic E-state index is -0.106. The second-order valence-electron chi connectivity index (χ2n) is 4.74. The molecule has 1 rings (SSSR count). The number of carbonyl (C=O) groups is 1. The standard InChI is InChI=1S/C16H26N2O3/c1-4-6-9-18-16(19)12-21-14-8-7-13(11-17-3)10-15(14)20-5-2/h7-8,10,17H,4-6,9,11-12H2,1-3H3,(H,18,19). The van der Waals surface area contributed by atoms with Gasteiger partial charge in [0.1, 0.15) is 0 Å². The van der Waals surface area contributed by atoms with Crippen LogP contribution in [0, 0.1) is 0 Å². The van der Waals surface area contributed by atoms with Crippen molar-refractivity contribution in [1.82, 2.24) is 10.6 Å². The maximum absolute atomic E-state index is 11.6. The van der Waals surface area contributed by atoms with Crippen molar-refractivity contribution >= 4 is 5.91 Å². The van der Waals surface area contributed by atoms with Crippen LogP contribution in [-0.4, -0.2) is 32.7 Å². The van der Waals surface area contributed by atoms with E-state index in [9.17, 15) is 4.79 Å². The SMILES string of the molecule is CCCCNC(=O)COc1ccc(CNC)cc1OCC. The summed E-state index contributed by atoms with van der Waals surface area (Å²) in [5.41, 5.74) is 1.11. The maximum atomic E-state index is 11.6. The molecule has 5 heteroatoms. The highest BCUT2D eigenvalue weighted by molar-refractivity contribution is 5.77. The van der Waals surface area contributed by atoms with Crippen molar-refractivity contribution < 1.29 is 14.3 Å². The second-order valence-corrected chi connectivity index (χ2v) is 4.74. The molecule has 0 atom stereocenters. The highest BCUT2D eigenvalue weighted by Crippen LogP contribution is 2.28. The lowest BCUT2D eigenvalue weighted by Gasteiger charge is -2.13. The fourth-order valence-corrected chi connectivity index (χ4v) is 1.85. The van der Waals surface area contributed by atoms with E-state index in [0.29, 0.717) is 24.7 Å². The number of hydrogen-bond acceptors (Lipinski definition) is 4. The molecular weight excluding hydrogens is 268 g/mol.